The summed E-state index contributed by atoms with van der Waals surface area (Å²) in [4.78, 5) is 11.6. The second-order valence-electron chi connectivity index (χ2n) is 3.88. The lowest BCUT2D eigenvalue weighted by Crippen LogP contribution is -2.07. The molecular formula is C15H11ClFNO. The van der Waals surface area contributed by atoms with Crippen molar-refractivity contribution in [2.24, 2.45) is 0 Å². The SMILES string of the molecule is O=C(C=Cc1ccc(F)cc1)Nc1ccc(Cl)cc1. The Morgan fingerprint density at radius 1 is 1.05 bits per heavy atom. The van der Waals surface area contributed by atoms with E-state index in [0.717, 1.165) is 5.56 Å². The molecule has 2 aromatic rings. The van der Waals surface area contributed by atoms with Gasteiger partial charge in [0.2, 0.25) is 5.91 Å². The molecule has 0 heterocycles. The Kier molecular flexibility index (Phi) is 4.31. The Balaban J connectivity index is 1.97. The third-order valence-corrected chi connectivity index (χ3v) is 2.66. The molecule has 2 nitrogen and oxygen atoms in total. The van der Waals surface area contributed by atoms with Crippen LogP contribution < -0.4 is 5.32 Å². The van der Waals surface area contributed by atoms with Gasteiger partial charge >= 0.3 is 0 Å². The van der Waals surface area contributed by atoms with Crippen molar-refractivity contribution < 1.29 is 9.18 Å². The van der Waals surface area contributed by atoms with Crippen LogP contribution in [0.25, 0.3) is 6.08 Å². The Hall–Kier alpha value is -2.13. The molecule has 96 valence electrons. The molecule has 0 aromatic heterocycles. The van der Waals surface area contributed by atoms with E-state index in [0.29, 0.717) is 10.7 Å². The number of nitrogens with one attached hydrogen (secondary N) is 1. The summed E-state index contributed by atoms with van der Waals surface area (Å²) in [5.41, 5.74) is 1.42. The van der Waals surface area contributed by atoms with Gasteiger partial charge in [-0.05, 0) is 48.0 Å². The first-order valence-corrected chi connectivity index (χ1v) is 6.01. The average Bonchev–Trinajstić information content (AvgIpc) is 2.41. The van der Waals surface area contributed by atoms with Crippen LogP contribution in [0.3, 0.4) is 0 Å². The fourth-order valence-corrected chi connectivity index (χ4v) is 1.59. The molecule has 1 N–H and O–H groups in total. The smallest absolute Gasteiger partial charge is 0.248 e. The number of carbonyl (C=O) groups is 1. The van der Waals surface area contributed by atoms with Crippen LogP contribution in [0.1, 0.15) is 5.56 Å². The molecule has 0 aliphatic heterocycles. The maximum absolute atomic E-state index is 12.7. The molecule has 0 saturated heterocycles. The predicted octanol–water partition coefficient (Wildman–Crippen LogP) is 4.13. The van der Waals surface area contributed by atoms with Crippen molar-refractivity contribution in [3.05, 3.63) is 71.0 Å². The van der Waals surface area contributed by atoms with Gasteiger partial charge in [-0.3, -0.25) is 4.79 Å². The van der Waals surface area contributed by atoms with Gasteiger partial charge in [-0.1, -0.05) is 23.7 Å². The van der Waals surface area contributed by atoms with E-state index in [1.165, 1.54) is 18.2 Å². The number of rotatable bonds is 3. The number of carbonyl (C=O) groups excluding carboxylic acids is 1. The predicted molar refractivity (Wildman–Crippen MR) is 75.5 cm³/mol. The number of hydrogen-bond acceptors (Lipinski definition) is 1. The van der Waals surface area contributed by atoms with Gasteiger partial charge in [0.05, 0.1) is 0 Å². The summed E-state index contributed by atoms with van der Waals surface area (Å²) >= 11 is 5.74. The number of benzene rings is 2. The number of amides is 1. The zero-order valence-electron chi connectivity index (χ0n) is 9.94. The summed E-state index contributed by atoms with van der Waals surface area (Å²) in [5.74, 6) is -0.561. The Morgan fingerprint density at radius 2 is 1.68 bits per heavy atom. The van der Waals surface area contributed by atoms with Gasteiger partial charge < -0.3 is 5.32 Å². The lowest BCUT2D eigenvalue weighted by atomic mass is 10.2. The first-order chi connectivity index (χ1) is 9.13. The van der Waals surface area contributed by atoms with Crippen LogP contribution in [0.4, 0.5) is 10.1 Å². The van der Waals surface area contributed by atoms with E-state index in [9.17, 15) is 9.18 Å². The van der Waals surface area contributed by atoms with Gasteiger partial charge in [-0.2, -0.15) is 0 Å². The highest BCUT2D eigenvalue weighted by molar-refractivity contribution is 6.30. The van der Waals surface area contributed by atoms with Crippen LogP contribution >= 0.6 is 11.6 Å². The van der Waals surface area contributed by atoms with Gasteiger partial charge in [-0.25, -0.2) is 4.39 Å². The van der Waals surface area contributed by atoms with Crippen molar-refractivity contribution in [1.82, 2.24) is 0 Å². The van der Waals surface area contributed by atoms with Crippen LogP contribution in [-0.4, -0.2) is 5.91 Å². The molecule has 0 aliphatic rings. The molecule has 4 heteroatoms. The van der Waals surface area contributed by atoms with Gasteiger partial charge in [-0.15, -0.1) is 0 Å². The molecule has 19 heavy (non-hydrogen) atoms. The Morgan fingerprint density at radius 3 is 2.32 bits per heavy atom. The van der Waals surface area contributed by atoms with Crippen molar-refractivity contribution in [2.45, 2.75) is 0 Å². The molecular weight excluding hydrogens is 265 g/mol. The second kappa shape index (κ2) is 6.16. The molecule has 0 spiro atoms. The lowest BCUT2D eigenvalue weighted by molar-refractivity contribution is -0.111. The van der Waals surface area contributed by atoms with Gasteiger partial charge in [0.25, 0.3) is 0 Å². The summed E-state index contributed by atoms with van der Waals surface area (Å²) in [7, 11) is 0. The topological polar surface area (TPSA) is 29.1 Å². The molecule has 0 atom stereocenters. The van der Waals surface area contributed by atoms with Crippen molar-refractivity contribution in [3.63, 3.8) is 0 Å². The van der Waals surface area contributed by atoms with Crippen molar-refractivity contribution in [1.29, 1.82) is 0 Å². The number of halogens is 2. The summed E-state index contributed by atoms with van der Waals surface area (Å²) in [6, 6.07) is 12.7. The molecule has 2 aromatic carbocycles. The minimum absolute atomic E-state index is 0.258. The molecule has 0 radical (unpaired) electrons. The molecule has 0 unspecified atom stereocenters. The largest absolute Gasteiger partial charge is 0.323 e. The van der Waals surface area contributed by atoms with E-state index in [2.05, 4.69) is 5.32 Å². The Labute approximate surface area is 115 Å². The van der Waals surface area contributed by atoms with E-state index in [1.807, 2.05) is 0 Å². The normalized spacial score (nSPS) is 10.6. The summed E-state index contributed by atoms with van der Waals surface area (Å²) in [5, 5.41) is 3.30. The third kappa shape index (κ3) is 4.23. The van der Waals surface area contributed by atoms with Crippen molar-refractivity contribution in [3.8, 4) is 0 Å². The number of hydrogen-bond donors (Lipinski definition) is 1. The van der Waals surface area contributed by atoms with Crippen molar-refractivity contribution >= 4 is 29.3 Å². The van der Waals surface area contributed by atoms with Gasteiger partial charge in [0.1, 0.15) is 5.82 Å². The van der Waals surface area contributed by atoms with E-state index < -0.39 is 0 Å². The summed E-state index contributed by atoms with van der Waals surface area (Å²) in [6.07, 6.45) is 3.01. The van der Waals surface area contributed by atoms with Crippen LogP contribution in [0.5, 0.6) is 0 Å². The Bertz CT molecular complexity index is 591. The highest BCUT2D eigenvalue weighted by Gasteiger charge is 1.97. The molecule has 2 rings (SSSR count). The van der Waals surface area contributed by atoms with Crippen LogP contribution in [0.2, 0.25) is 5.02 Å². The van der Waals surface area contributed by atoms with Crippen LogP contribution in [0.15, 0.2) is 54.6 Å². The van der Waals surface area contributed by atoms with Gasteiger partial charge in [0, 0.05) is 16.8 Å². The van der Waals surface area contributed by atoms with Crippen LogP contribution in [0, 0.1) is 5.82 Å². The average molecular weight is 276 g/mol. The lowest BCUT2D eigenvalue weighted by Gasteiger charge is -2.01. The monoisotopic (exact) mass is 275 g/mol. The molecule has 0 fully saturated rings. The summed E-state index contributed by atoms with van der Waals surface area (Å²) < 4.78 is 12.7. The zero-order valence-corrected chi connectivity index (χ0v) is 10.7. The molecule has 0 bridgehead atoms. The number of anilines is 1. The highest BCUT2D eigenvalue weighted by Crippen LogP contribution is 2.13. The quantitative estimate of drug-likeness (QED) is 0.839. The molecule has 0 aliphatic carbocycles. The minimum Gasteiger partial charge on any atom is -0.323 e. The molecule has 0 saturated carbocycles. The minimum atomic E-state index is -0.303. The first-order valence-electron chi connectivity index (χ1n) is 5.64. The zero-order chi connectivity index (χ0) is 13.7. The third-order valence-electron chi connectivity index (χ3n) is 2.41. The maximum atomic E-state index is 12.7. The second-order valence-corrected chi connectivity index (χ2v) is 4.32. The van der Waals surface area contributed by atoms with E-state index in [4.69, 9.17) is 11.6 Å². The van der Waals surface area contributed by atoms with E-state index in [-0.39, 0.29) is 11.7 Å². The fourth-order valence-electron chi connectivity index (χ4n) is 1.46. The van der Waals surface area contributed by atoms with Crippen molar-refractivity contribution in [2.75, 3.05) is 5.32 Å². The van der Waals surface area contributed by atoms with Crippen LogP contribution in [-0.2, 0) is 4.79 Å². The highest BCUT2D eigenvalue weighted by atomic mass is 35.5. The summed E-state index contributed by atoms with van der Waals surface area (Å²) in [6.45, 7) is 0. The maximum Gasteiger partial charge on any atom is 0.248 e. The van der Waals surface area contributed by atoms with E-state index >= 15 is 0 Å². The molecule has 1 amide bonds. The fraction of sp³-hybridized carbons (Fsp3) is 0. The van der Waals surface area contributed by atoms with Gasteiger partial charge in [0.15, 0.2) is 0 Å². The first kappa shape index (κ1) is 13.3. The standard InChI is InChI=1S/C15H11ClFNO/c16-12-4-8-14(9-5-12)18-15(19)10-3-11-1-6-13(17)7-2-11/h1-10H,(H,18,19). The van der Waals surface area contributed by atoms with E-state index in [1.54, 1.807) is 42.5 Å².